The van der Waals surface area contributed by atoms with Crippen molar-refractivity contribution in [1.29, 1.82) is 0 Å². The van der Waals surface area contributed by atoms with Crippen LogP contribution in [0.1, 0.15) is 50.6 Å². The fraction of sp³-hybridized carbons (Fsp3) is 0.684. The van der Waals surface area contributed by atoms with Crippen molar-refractivity contribution >= 4 is 0 Å². The molecule has 0 bridgehead atoms. The average molecular weight is 284 g/mol. The lowest BCUT2D eigenvalue weighted by atomic mass is 9.88. The molecule has 1 aliphatic heterocycles. The first-order chi connectivity index (χ1) is 10.3. The Morgan fingerprint density at radius 3 is 2.57 bits per heavy atom. The molecule has 2 aliphatic carbocycles. The van der Waals surface area contributed by atoms with Crippen molar-refractivity contribution in [3.8, 4) is 0 Å². The average Bonchev–Trinajstić information content (AvgIpc) is 3.40. The number of hydrogen-bond donors (Lipinski definition) is 1. The summed E-state index contributed by atoms with van der Waals surface area (Å²) in [5.41, 5.74) is 1.85. The van der Waals surface area contributed by atoms with E-state index in [1.54, 1.807) is 0 Å². The van der Waals surface area contributed by atoms with Crippen molar-refractivity contribution in [2.24, 2.45) is 11.8 Å². The third-order valence-electron chi connectivity index (χ3n) is 5.99. The number of piperazine rings is 1. The van der Waals surface area contributed by atoms with Crippen LogP contribution in [0.15, 0.2) is 30.3 Å². The van der Waals surface area contributed by atoms with E-state index in [2.05, 4.69) is 47.5 Å². The highest BCUT2D eigenvalue weighted by atomic mass is 15.3. The van der Waals surface area contributed by atoms with E-state index in [0.717, 1.165) is 18.4 Å². The Labute approximate surface area is 128 Å². The minimum atomic E-state index is 0.403. The van der Waals surface area contributed by atoms with Crippen LogP contribution in [-0.4, -0.2) is 30.1 Å². The van der Waals surface area contributed by atoms with Gasteiger partial charge in [0.15, 0.2) is 0 Å². The summed E-state index contributed by atoms with van der Waals surface area (Å²) in [6.07, 6.45) is 7.26. The van der Waals surface area contributed by atoms with Crippen molar-refractivity contribution < 1.29 is 0 Å². The molecule has 1 heterocycles. The number of hydrogen-bond acceptors (Lipinski definition) is 2. The van der Waals surface area contributed by atoms with Gasteiger partial charge in [-0.05, 0) is 50.1 Å². The summed E-state index contributed by atoms with van der Waals surface area (Å²) < 4.78 is 0. The Bertz CT molecular complexity index is 478. The van der Waals surface area contributed by atoms with Gasteiger partial charge in [0.2, 0.25) is 0 Å². The monoisotopic (exact) mass is 284 g/mol. The molecule has 1 saturated heterocycles. The maximum Gasteiger partial charge on any atom is 0.0450 e. The highest BCUT2D eigenvalue weighted by molar-refractivity contribution is 5.21. The van der Waals surface area contributed by atoms with E-state index in [1.165, 1.54) is 50.8 Å². The number of nitrogens with zero attached hydrogens (tertiary/aromatic N) is 1. The van der Waals surface area contributed by atoms with E-state index >= 15 is 0 Å². The van der Waals surface area contributed by atoms with Gasteiger partial charge in [0.1, 0.15) is 0 Å². The summed E-state index contributed by atoms with van der Waals surface area (Å²) in [5.74, 6) is 1.97. The molecule has 4 rings (SSSR count). The number of benzene rings is 1. The maximum atomic E-state index is 3.84. The summed E-state index contributed by atoms with van der Waals surface area (Å²) in [6, 6.07) is 11.5. The van der Waals surface area contributed by atoms with E-state index in [4.69, 9.17) is 0 Å². The van der Waals surface area contributed by atoms with Gasteiger partial charge >= 0.3 is 0 Å². The Hall–Kier alpha value is -0.860. The highest BCUT2D eigenvalue weighted by Crippen LogP contribution is 2.45. The fourth-order valence-electron chi connectivity index (χ4n) is 4.04. The summed E-state index contributed by atoms with van der Waals surface area (Å²) >= 11 is 0. The molecule has 2 saturated carbocycles. The van der Waals surface area contributed by atoms with Gasteiger partial charge in [-0.2, -0.15) is 0 Å². The SMILES string of the molecule is CC1(C2CC2)CNC(c2ccccc2)CN1CCC1CC1. The molecule has 1 aromatic rings. The van der Waals surface area contributed by atoms with Gasteiger partial charge in [0, 0.05) is 24.7 Å². The molecule has 2 unspecified atom stereocenters. The third-order valence-corrected chi connectivity index (χ3v) is 5.99. The molecule has 0 amide bonds. The van der Waals surface area contributed by atoms with Crippen molar-refractivity contribution in [3.63, 3.8) is 0 Å². The zero-order valence-electron chi connectivity index (χ0n) is 13.2. The van der Waals surface area contributed by atoms with E-state index in [0.29, 0.717) is 11.6 Å². The Morgan fingerprint density at radius 2 is 1.90 bits per heavy atom. The number of rotatable bonds is 5. The van der Waals surface area contributed by atoms with Crippen LogP contribution in [0.4, 0.5) is 0 Å². The van der Waals surface area contributed by atoms with Crippen molar-refractivity contribution in [3.05, 3.63) is 35.9 Å². The zero-order chi connectivity index (χ0) is 14.3. The molecule has 3 aliphatic rings. The smallest absolute Gasteiger partial charge is 0.0450 e. The second kappa shape index (κ2) is 5.40. The second-order valence-corrected chi connectivity index (χ2v) is 7.65. The minimum absolute atomic E-state index is 0.403. The second-order valence-electron chi connectivity index (χ2n) is 7.65. The van der Waals surface area contributed by atoms with Gasteiger partial charge < -0.3 is 5.32 Å². The summed E-state index contributed by atoms with van der Waals surface area (Å²) in [4.78, 5) is 2.83. The molecule has 0 aromatic heterocycles. The Balaban J connectivity index is 1.48. The Morgan fingerprint density at radius 1 is 1.14 bits per heavy atom. The molecular formula is C19H28N2. The first kappa shape index (κ1) is 13.8. The highest BCUT2D eigenvalue weighted by Gasteiger charge is 2.48. The number of nitrogens with one attached hydrogen (secondary N) is 1. The fourth-order valence-corrected chi connectivity index (χ4v) is 4.04. The molecule has 2 nitrogen and oxygen atoms in total. The molecule has 114 valence electrons. The van der Waals surface area contributed by atoms with E-state index in [-0.39, 0.29) is 0 Å². The summed E-state index contributed by atoms with van der Waals surface area (Å²) in [7, 11) is 0. The maximum absolute atomic E-state index is 3.84. The molecule has 21 heavy (non-hydrogen) atoms. The molecule has 0 radical (unpaired) electrons. The van der Waals surface area contributed by atoms with Crippen molar-refractivity contribution in [2.45, 2.75) is 50.6 Å². The first-order valence-electron chi connectivity index (χ1n) is 8.79. The summed E-state index contributed by atoms with van der Waals surface area (Å²) in [6.45, 7) is 6.15. The molecule has 0 spiro atoms. The molecule has 1 aromatic carbocycles. The lowest BCUT2D eigenvalue weighted by Gasteiger charge is -2.49. The first-order valence-corrected chi connectivity index (χ1v) is 8.79. The minimum Gasteiger partial charge on any atom is -0.307 e. The van der Waals surface area contributed by atoms with Crippen LogP contribution in [0, 0.1) is 11.8 Å². The lowest BCUT2D eigenvalue weighted by molar-refractivity contribution is 0.0324. The van der Waals surface area contributed by atoms with Gasteiger partial charge in [0.05, 0.1) is 0 Å². The van der Waals surface area contributed by atoms with Gasteiger partial charge in [-0.15, -0.1) is 0 Å². The predicted octanol–water partition coefficient (Wildman–Crippen LogP) is 3.60. The van der Waals surface area contributed by atoms with Crippen LogP contribution < -0.4 is 5.32 Å². The van der Waals surface area contributed by atoms with Gasteiger partial charge in [0.25, 0.3) is 0 Å². The lowest BCUT2D eigenvalue weighted by Crippen LogP contribution is -2.61. The van der Waals surface area contributed by atoms with E-state index in [1.807, 2.05) is 0 Å². The quantitative estimate of drug-likeness (QED) is 0.888. The van der Waals surface area contributed by atoms with Crippen molar-refractivity contribution in [1.82, 2.24) is 10.2 Å². The Kier molecular flexibility index (Phi) is 3.55. The topological polar surface area (TPSA) is 15.3 Å². The van der Waals surface area contributed by atoms with Gasteiger partial charge in [-0.1, -0.05) is 43.2 Å². The molecule has 3 fully saturated rings. The molecule has 2 atom stereocenters. The van der Waals surface area contributed by atoms with Gasteiger partial charge in [-0.3, -0.25) is 4.90 Å². The van der Waals surface area contributed by atoms with Crippen LogP contribution in [0.3, 0.4) is 0 Å². The largest absolute Gasteiger partial charge is 0.307 e. The van der Waals surface area contributed by atoms with Crippen LogP contribution in [0.2, 0.25) is 0 Å². The van der Waals surface area contributed by atoms with Crippen LogP contribution in [0.5, 0.6) is 0 Å². The molecule has 1 N–H and O–H groups in total. The van der Waals surface area contributed by atoms with Crippen molar-refractivity contribution in [2.75, 3.05) is 19.6 Å². The van der Waals surface area contributed by atoms with Gasteiger partial charge in [-0.25, -0.2) is 0 Å². The van der Waals surface area contributed by atoms with Crippen LogP contribution in [0.25, 0.3) is 0 Å². The third kappa shape index (κ3) is 2.89. The van der Waals surface area contributed by atoms with Crippen LogP contribution in [-0.2, 0) is 0 Å². The normalized spacial score (nSPS) is 34.0. The zero-order valence-corrected chi connectivity index (χ0v) is 13.2. The standard InChI is InChI=1S/C19H28N2/c1-19(17-9-10-17)14-20-18(16-5-3-2-4-6-16)13-21(19)12-11-15-7-8-15/h2-6,15,17-18,20H,7-14H2,1H3. The molecular weight excluding hydrogens is 256 g/mol. The van der Waals surface area contributed by atoms with E-state index < -0.39 is 0 Å². The van der Waals surface area contributed by atoms with Crippen LogP contribution >= 0.6 is 0 Å². The summed E-state index contributed by atoms with van der Waals surface area (Å²) in [5, 5.41) is 3.84. The molecule has 2 heteroatoms. The predicted molar refractivity (Wildman–Crippen MR) is 87.2 cm³/mol. The van der Waals surface area contributed by atoms with E-state index in [9.17, 15) is 0 Å².